The van der Waals surface area contributed by atoms with E-state index in [0.717, 1.165) is 11.6 Å². The fourth-order valence-corrected chi connectivity index (χ4v) is 3.56. The third-order valence-corrected chi connectivity index (χ3v) is 5.32. The summed E-state index contributed by atoms with van der Waals surface area (Å²) in [7, 11) is 0. The Kier molecular flexibility index (Phi) is 5.43. The van der Waals surface area contributed by atoms with Crippen LogP contribution in [0.25, 0.3) is 5.65 Å². The van der Waals surface area contributed by atoms with Gasteiger partial charge in [0.25, 0.3) is 5.91 Å². The standard InChI is InChI=1S/C18H12BrClF3N7O/c1-9-6-12(18(21,22)23)30-15(25-9)13(19)14(27-30)16(31)26-17-24-8-29(28-17)7-10-4-2-3-5-11(10)20/h2-6,8H,7H2,1H3,(H,26,28,31). The molecule has 0 unspecified atom stereocenters. The van der Waals surface area contributed by atoms with Gasteiger partial charge in [-0.1, -0.05) is 29.8 Å². The summed E-state index contributed by atoms with van der Waals surface area (Å²) >= 11 is 9.25. The van der Waals surface area contributed by atoms with Crippen molar-refractivity contribution in [1.82, 2.24) is 29.4 Å². The minimum atomic E-state index is -4.68. The molecule has 1 aromatic carbocycles. The van der Waals surface area contributed by atoms with Crippen molar-refractivity contribution in [2.45, 2.75) is 19.6 Å². The molecule has 3 aromatic heterocycles. The van der Waals surface area contributed by atoms with Crippen LogP contribution in [-0.2, 0) is 12.7 Å². The van der Waals surface area contributed by atoms with Gasteiger partial charge in [0.2, 0.25) is 5.95 Å². The second-order valence-electron chi connectivity index (χ2n) is 6.49. The number of halogens is 5. The smallest absolute Gasteiger partial charge is 0.288 e. The van der Waals surface area contributed by atoms with Crippen LogP contribution in [0.1, 0.15) is 27.4 Å². The van der Waals surface area contributed by atoms with Crippen LogP contribution < -0.4 is 5.32 Å². The number of aromatic nitrogens is 6. The third-order valence-electron chi connectivity index (χ3n) is 4.22. The van der Waals surface area contributed by atoms with Crippen LogP contribution in [0.3, 0.4) is 0 Å². The first kappa shape index (κ1) is 21.2. The van der Waals surface area contributed by atoms with Crippen molar-refractivity contribution in [3.05, 3.63) is 68.8 Å². The lowest BCUT2D eigenvalue weighted by Crippen LogP contribution is -2.16. The summed E-state index contributed by atoms with van der Waals surface area (Å²) in [6, 6.07) is 8.04. The van der Waals surface area contributed by atoms with Gasteiger partial charge in [0.05, 0.1) is 11.0 Å². The van der Waals surface area contributed by atoms with Crippen molar-refractivity contribution in [1.29, 1.82) is 0 Å². The molecule has 0 saturated carbocycles. The number of hydrogen-bond donors (Lipinski definition) is 1. The maximum Gasteiger partial charge on any atom is 0.433 e. The fourth-order valence-electron chi connectivity index (χ4n) is 2.85. The van der Waals surface area contributed by atoms with E-state index in [4.69, 9.17) is 11.6 Å². The zero-order valence-corrected chi connectivity index (χ0v) is 18.0. The molecule has 31 heavy (non-hydrogen) atoms. The first-order valence-electron chi connectivity index (χ1n) is 8.71. The zero-order chi connectivity index (χ0) is 22.3. The summed E-state index contributed by atoms with van der Waals surface area (Å²) in [5.74, 6) is -0.833. The van der Waals surface area contributed by atoms with Gasteiger partial charge in [-0.05, 0) is 40.5 Å². The fraction of sp³-hybridized carbons (Fsp3) is 0.167. The Balaban J connectivity index is 1.60. The van der Waals surface area contributed by atoms with Gasteiger partial charge in [0, 0.05) is 10.7 Å². The summed E-state index contributed by atoms with van der Waals surface area (Å²) in [5.41, 5.74) is -0.527. The molecule has 13 heteroatoms. The Hall–Kier alpha value is -2.99. The molecule has 0 radical (unpaired) electrons. The highest BCUT2D eigenvalue weighted by Crippen LogP contribution is 2.32. The van der Waals surface area contributed by atoms with E-state index in [1.165, 1.54) is 17.9 Å². The van der Waals surface area contributed by atoms with Gasteiger partial charge in [-0.2, -0.15) is 18.3 Å². The van der Waals surface area contributed by atoms with Crippen molar-refractivity contribution in [2.24, 2.45) is 0 Å². The van der Waals surface area contributed by atoms with Crippen molar-refractivity contribution in [3.8, 4) is 0 Å². The number of fused-ring (bicyclic) bond motifs is 1. The van der Waals surface area contributed by atoms with E-state index in [1.807, 2.05) is 12.1 Å². The first-order valence-corrected chi connectivity index (χ1v) is 9.88. The molecule has 0 aliphatic heterocycles. The van der Waals surface area contributed by atoms with Crippen molar-refractivity contribution in [3.63, 3.8) is 0 Å². The molecule has 3 heterocycles. The number of hydrogen-bond acceptors (Lipinski definition) is 5. The molecule has 0 aliphatic rings. The molecule has 4 rings (SSSR count). The van der Waals surface area contributed by atoms with Crippen LogP contribution in [0.5, 0.6) is 0 Å². The Bertz CT molecular complexity index is 1300. The molecule has 0 atom stereocenters. The predicted octanol–water partition coefficient (Wildman–Crippen LogP) is 4.36. The molecule has 0 saturated heterocycles. The molecular weight excluding hydrogens is 503 g/mol. The minimum Gasteiger partial charge on any atom is -0.288 e. The zero-order valence-electron chi connectivity index (χ0n) is 15.7. The topological polar surface area (TPSA) is 90.0 Å². The second-order valence-corrected chi connectivity index (χ2v) is 7.69. The van der Waals surface area contributed by atoms with Crippen molar-refractivity contribution < 1.29 is 18.0 Å². The van der Waals surface area contributed by atoms with E-state index in [-0.39, 0.29) is 27.5 Å². The summed E-state index contributed by atoms with van der Waals surface area (Å²) in [6.07, 6.45) is -3.28. The lowest BCUT2D eigenvalue weighted by Gasteiger charge is -2.09. The number of rotatable bonds is 4. The van der Waals surface area contributed by atoms with Gasteiger partial charge in [0.15, 0.2) is 11.3 Å². The molecule has 1 amide bonds. The number of nitrogens with zero attached hydrogens (tertiary/aromatic N) is 6. The number of anilines is 1. The maximum atomic E-state index is 13.4. The molecule has 160 valence electrons. The highest BCUT2D eigenvalue weighted by Gasteiger charge is 2.36. The predicted molar refractivity (Wildman–Crippen MR) is 109 cm³/mol. The largest absolute Gasteiger partial charge is 0.433 e. The van der Waals surface area contributed by atoms with E-state index in [9.17, 15) is 18.0 Å². The lowest BCUT2D eigenvalue weighted by molar-refractivity contribution is -0.142. The van der Waals surface area contributed by atoms with Gasteiger partial charge >= 0.3 is 6.18 Å². The highest BCUT2D eigenvalue weighted by atomic mass is 79.9. The Morgan fingerprint density at radius 2 is 2.00 bits per heavy atom. The molecule has 8 nitrogen and oxygen atoms in total. The van der Waals surface area contributed by atoms with Crippen molar-refractivity contribution in [2.75, 3.05) is 5.32 Å². The number of carbonyl (C=O) groups is 1. The molecule has 0 spiro atoms. The summed E-state index contributed by atoms with van der Waals surface area (Å²) in [6.45, 7) is 1.74. The van der Waals surface area contributed by atoms with Gasteiger partial charge < -0.3 is 0 Å². The van der Waals surface area contributed by atoms with E-state index in [1.54, 1.807) is 12.1 Å². The number of aryl methyl sites for hydroxylation is 1. The first-order chi connectivity index (χ1) is 14.6. The van der Waals surface area contributed by atoms with Crippen LogP contribution in [0.15, 0.2) is 41.1 Å². The van der Waals surface area contributed by atoms with E-state index >= 15 is 0 Å². The summed E-state index contributed by atoms with van der Waals surface area (Å²) < 4.78 is 42.1. The number of nitrogens with one attached hydrogen (secondary N) is 1. The van der Waals surface area contributed by atoms with Crippen molar-refractivity contribution >= 4 is 45.0 Å². The van der Waals surface area contributed by atoms with E-state index in [0.29, 0.717) is 16.1 Å². The van der Waals surface area contributed by atoms with E-state index < -0.39 is 17.8 Å². The third kappa shape index (κ3) is 4.26. The maximum absolute atomic E-state index is 13.4. The van der Waals surface area contributed by atoms with Gasteiger partial charge in [0.1, 0.15) is 12.0 Å². The Morgan fingerprint density at radius 3 is 2.71 bits per heavy atom. The Labute approximate surface area is 186 Å². The molecule has 1 N–H and O–H groups in total. The Morgan fingerprint density at radius 1 is 1.26 bits per heavy atom. The van der Waals surface area contributed by atoms with Gasteiger partial charge in [-0.25, -0.2) is 19.2 Å². The van der Waals surface area contributed by atoms with Gasteiger partial charge in [-0.3, -0.25) is 10.1 Å². The number of benzene rings is 1. The number of alkyl halides is 3. The monoisotopic (exact) mass is 513 g/mol. The quantitative estimate of drug-likeness (QED) is 0.437. The van der Waals surface area contributed by atoms with Crippen LogP contribution in [0.2, 0.25) is 5.02 Å². The molecule has 0 aliphatic carbocycles. The van der Waals surface area contributed by atoms with Crippen LogP contribution >= 0.6 is 27.5 Å². The second kappa shape index (κ2) is 7.93. The number of amides is 1. The van der Waals surface area contributed by atoms with Crippen LogP contribution in [0.4, 0.5) is 19.1 Å². The normalized spacial score (nSPS) is 11.8. The average molecular weight is 515 g/mol. The molecule has 0 bridgehead atoms. The van der Waals surface area contributed by atoms with Gasteiger partial charge in [-0.15, -0.1) is 5.10 Å². The molecule has 0 fully saturated rings. The van der Waals surface area contributed by atoms with Crippen LogP contribution in [-0.4, -0.2) is 35.3 Å². The average Bonchev–Trinajstić information content (AvgIpc) is 3.27. The van der Waals surface area contributed by atoms with E-state index in [2.05, 4.69) is 41.4 Å². The van der Waals surface area contributed by atoms with Crippen LogP contribution in [0, 0.1) is 6.92 Å². The minimum absolute atomic E-state index is 0.0229. The SMILES string of the molecule is Cc1cc(C(F)(F)F)n2nc(C(=O)Nc3ncn(Cc4ccccc4Cl)n3)c(Br)c2n1. The number of carbonyl (C=O) groups excluding carboxylic acids is 1. The molecule has 4 aromatic rings. The summed E-state index contributed by atoms with van der Waals surface area (Å²) in [5, 5.41) is 10.9. The summed E-state index contributed by atoms with van der Waals surface area (Å²) in [4.78, 5) is 20.7. The highest BCUT2D eigenvalue weighted by molar-refractivity contribution is 9.10. The lowest BCUT2D eigenvalue weighted by atomic mass is 10.2. The molecular formula is C18H12BrClF3N7O.